The lowest BCUT2D eigenvalue weighted by atomic mass is 9.85. The molecule has 0 fully saturated rings. The van der Waals surface area contributed by atoms with Gasteiger partial charge in [-0.05, 0) is 23.8 Å². The number of aliphatic carboxylic acids is 1. The normalized spacial score (nSPS) is 24.9. The van der Waals surface area contributed by atoms with Crippen LogP contribution in [0.2, 0.25) is 0 Å². The van der Waals surface area contributed by atoms with Gasteiger partial charge in [-0.2, -0.15) is 0 Å². The van der Waals surface area contributed by atoms with E-state index in [-0.39, 0.29) is 17.7 Å². The topological polar surface area (TPSA) is 105 Å². The van der Waals surface area contributed by atoms with Crippen molar-refractivity contribution in [2.24, 2.45) is 10.9 Å². The molecule has 0 saturated carbocycles. The number of hydrogen-bond acceptors (Lipinski definition) is 6. The summed E-state index contributed by atoms with van der Waals surface area (Å²) in [5, 5.41) is 20.6. The summed E-state index contributed by atoms with van der Waals surface area (Å²) in [4.78, 5) is 28.2. The highest BCUT2D eigenvalue weighted by molar-refractivity contribution is 5.98. The molecular formula is C17H17N3O5. The van der Waals surface area contributed by atoms with Crippen molar-refractivity contribution in [1.29, 1.82) is 0 Å². The maximum atomic E-state index is 11.6. The van der Waals surface area contributed by atoms with Gasteiger partial charge in [0.05, 0.1) is 24.3 Å². The molecule has 1 aromatic carbocycles. The Bertz CT molecular complexity index is 797. The Labute approximate surface area is 143 Å². The lowest BCUT2D eigenvalue weighted by molar-refractivity contribution is -0.420. The molecule has 0 bridgehead atoms. The molecule has 0 amide bonds. The van der Waals surface area contributed by atoms with Crippen LogP contribution in [0, 0.1) is 16.0 Å². The van der Waals surface area contributed by atoms with E-state index in [9.17, 15) is 20.0 Å². The molecular weight excluding hydrogens is 326 g/mol. The van der Waals surface area contributed by atoms with Crippen molar-refractivity contribution in [3.05, 3.63) is 64.0 Å². The Morgan fingerprint density at radius 1 is 1.32 bits per heavy atom. The Hall–Kier alpha value is -3.16. The first-order chi connectivity index (χ1) is 11.9. The van der Waals surface area contributed by atoms with E-state index >= 15 is 0 Å². The first-order valence-corrected chi connectivity index (χ1v) is 7.69. The summed E-state index contributed by atoms with van der Waals surface area (Å²) in [5.41, 5.74) is 0.764. The van der Waals surface area contributed by atoms with E-state index in [0.717, 1.165) is 5.56 Å². The smallest absolute Gasteiger partial charge is 0.328 e. The van der Waals surface area contributed by atoms with E-state index in [2.05, 4.69) is 4.99 Å². The number of carboxylic acids is 1. The van der Waals surface area contributed by atoms with Crippen molar-refractivity contribution in [1.82, 2.24) is 4.90 Å². The zero-order valence-corrected chi connectivity index (χ0v) is 13.7. The molecule has 8 nitrogen and oxygen atoms in total. The van der Waals surface area contributed by atoms with Crippen LogP contribution < -0.4 is 4.74 Å². The molecule has 1 aromatic rings. The van der Waals surface area contributed by atoms with Crippen LogP contribution in [0.3, 0.4) is 0 Å². The summed E-state index contributed by atoms with van der Waals surface area (Å²) in [6.45, 7) is 1.78. The molecule has 0 saturated heterocycles. The van der Waals surface area contributed by atoms with E-state index in [1.165, 1.54) is 18.4 Å². The van der Waals surface area contributed by atoms with Crippen LogP contribution in [0.15, 0.2) is 53.3 Å². The van der Waals surface area contributed by atoms with Crippen LogP contribution in [-0.2, 0) is 4.79 Å². The van der Waals surface area contributed by atoms with Gasteiger partial charge in [-0.1, -0.05) is 19.1 Å². The number of carboxylic acid groups (broad SMARTS) is 1. The Morgan fingerprint density at radius 2 is 2.00 bits per heavy atom. The summed E-state index contributed by atoms with van der Waals surface area (Å²) in [7, 11) is 1.56. The predicted octanol–water partition coefficient (Wildman–Crippen LogP) is 2.23. The van der Waals surface area contributed by atoms with Gasteiger partial charge in [0.25, 0.3) is 5.70 Å². The number of nitro groups is 1. The van der Waals surface area contributed by atoms with Crippen LogP contribution in [0.1, 0.15) is 18.5 Å². The van der Waals surface area contributed by atoms with Gasteiger partial charge in [0.1, 0.15) is 11.6 Å². The number of rotatable bonds is 4. The third-order valence-corrected chi connectivity index (χ3v) is 4.43. The van der Waals surface area contributed by atoms with Crippen molar-refractivity contribution in [3.63, 3.8) is 0 Å². The van der Waals surface area contributed by atoms with Crippen LogP contribution in [0.5, 0.6) is 5.75 Å². The largest absolute Gasteiger partial charge is 0.497 e. The first kappa shape index (κ1) is 16.7. The minimum atomic E-state index is -1.02. The maximum Gasteiger partial charge on any atom is 0.328 e. The van der Waals surface area contributed by atoms with Crippen molar-refractivity contribution >= 4 is 11.8 Å². The second-order valence-corrected chi connectivity index (χ2v) is 5.90. The lowest BCUT2D eigenvalue weighted by Crippen LogP contribution is -2.46. The summed E-state index contributed by atoms with van der Waals surface area (Å²) < 4.78 is 5.15. The minimum Gasteiger partial charge on any atom is -0.497 e. The SMILES string of the molecule is COc1ccc(C2C(C)C(C(=O)O)N=C3C=CC([N+](=O)[O-])=CN32)cc1. The van der Waals surface area contributed by atoms with Crippen molar-refractivity contribution < 1.29 is 19.6 Å². The van der Waals surface area contributed by atoms with Gasteiger partial charge in [0.2, 0.25) is 0 Å². The highest BCUT2D eigenvalue weighted by Gasteiger charge is 2.41. The summed E-state index contributed by atoms with van der Waals surface area (Å²) >= 11 is 0. The molecule has 2 heterocycles. The predicted molar refractivity (Wildman–Crippen MR) is 89.8 cm³/mol. The molecule has 0 aromatic heterocycles. The molecule has 25 heavy (non-hydrogen) atoms. The van der Waals surface area contributed by atoms with E-state index in [1.807, 2.05) is 12.1 Å². The average Bonchev–Trinajstić information content (AvgIpc) is 2.60. The van der Waals surface area contributed by atoms with Crippen molar-refractivity contribution in [3.8, 4) is 5.75 Å². The fourth-order valence-electron chi connectivity index (χ4n) is 3.17. The number of aliphatic imine (C=N–C) groups is 1. The van der Waals surface area contributed by atoms with E-state index < -0.39 is 16.9 Å². The van der Waals surface area contributed by atoms with Gasteiger partial charge < -0.3 is 14.7 Å². The molecule has 8 heteroatoms. The fraction of sp³-hybridized carbons (Fsp3) is 0.294. The van der Waals surface area contributed by atoms with Crippen LogP contribution in [-0.4, -0.2) is 39.9 Å². The maximum absolute atomic E-state index is 11.6. The Balaban J connectivity index is 2.09. The summed E-state index contributed by atoms with van der Waals surface area (Å²) in [6, 6.07) is 5.91. The van der Waals surface area contributed by atoms with Gasteiger partial charge in [-0.15, -0.1) is 0 Å². The third kappa shape index (κ3) is 2.98. The molecule has 3 atom stereocenters. The molecule has 2 aliphatic heterocycles. The second kappa shape index (κ2) is 6.39. The highest BCUT2D eigenvalue weighted by Crippen LogP contribution is 2.38. The van der Waals surface area contributed by atoms with E-state index in [1.54, 1.807) is 31.1 Å². The standard InChI is InChI=1S/C17H17N3O5/c1-10-15(17(21)22)18-14-8-5-12(20(23)24)9-19(14)16(10)11-3-6-13(25-2)7-4-11/h3-10,15-16H,1-2H3,(H,21,22). The molecule has 130 valence electrons. The number of ether oxygens (including phenoxy) is 1. The summed E-state index contributed by atoms with van der Waals surface area (Å²) in [5.74, 6) is -0.325. The Kier molecular flexibility index (Phi) is 4.26. The second-order valence-electron chi connectivity index (χ2n) is 5.90. The zero-order chi connectivity index (χ0) is 18.1. The van der Waals surface area contributed by atoms with Crippen molar-refractivity contribution in [2.45, 2.75) is 19.0 Å². The van der Waals surface area contributed by atoms with E-state index in [0.29, 0.717) is 11.6 Å². The van der Waals surface area contributed by atoms with Crippen LogP contribution in [0.4, 0.5) is 0 Å². The average molecular weight is 343 g/mol. The van der Waals surface area contributed by atoms with Crippen LogP contribution in [0.25, 0.3) is 0 Å². The van der Waals surface area contributed by atoms with Gasteiger partial charge in [-0.3, -0.25) is 15.1 Å². The molecule has 0 spiro atoms. The number of allylic oxidation sites excluding steroid dienone is 1. The summed E-state index contributed by atoms with van der Waals surface area (Å²) in [6.07, 6.45) is 4.22. The first-order valence-electron chi connectivity index (χ1n) is 7.69. The minimum absolute atomic E-state index is 0.0709. The molecule has 2 aliphatic rings. The van der Waals surface area contributed by atoms with Crippen LogP contribution >= 0.6 is 0 Å². The van der Waals surface area contributed by atoms with Gasteiger partial charge in [0.15, 0.2) is 6.04 Å². The van der Waals surface area contributed by atoms with Gasteiger partial charge in [-0.25, -0.2) is 4.79 Å². The number of fused-ring (bicyclic) bond motifs is 1. The molecule has 0 aliphatic carbocycles. The monoisotopic (exact) mass is 343 g/mol. The number of carbonyl (C=O) groups is 1. The molecule has 0 radical (unpaired) electrons. The number of methoxy groups -OCH3 is 1. The lowest BCUT2D eigenvalue weighted by Gasteiger charge is -2.41. The molecule has 3 rings (SSSR count). The number of benzene rings is 1. The third-order valence-electron chi connectivity index (χ3n) is 4.43. The quantitative estimate of drug-likeness (QED) is 0.664. The van der Waals surface area contributed by atoms with Crippen molar-refractivity contribution in [2.75, 3.05) is 7.11 Å². The molecule has 1 N–H and O–H groups in total. The van der Waals surface area contributed by atoms with Gasteiger partial charge in [0, 0.05) is 12.0 Å². The number of nitrogens with zero attached hydrogens (tertiary/aromatic N) is 3. The molecule has 3 unspecified atom stereocenters. The fourth-order valence-corrected chi connectivity index (χ4v) is 3.17. The number of hydrogen-bond donors (Lipinski definition) is 1. The van der Waals surface area contributed by atoms with Gasteiger partial charge >= 0.3 is 5.97 Å². The Morgan fingerprint density at radius 3 is 2.56 bits per heavy atom. The highest BCUT2D eigenvalue weighted by atomic mass is 16.6. The zero-order valence-electron chi connectivity index (χ0n) is 13.7. The van der Waals surface area contributed by atoms with E-state index in [4.69, 9.17) is 4.74 Å². The number of amidine groups is 1.